The van der Waals surface area contributed by atoms with Gasteiger partial charge in [-0.25, -0.2) is 14.8 Å². The Morgan fingerprint density at radius 3 is 2.59 bits per heavy atom. The van der Waals surface area contributed by atoms with Crippen molar-refractivity contribution in [1.82, 2.24) is 29.5 Å². The van der Waals surface area contributed by atoms with Crippen LogP contribution in [0.2, 0.25) is 0 Å². The van der Waals surface area contributed by atoms with Crippen molar-refractivity contribution >= 4 is 29.6 Å². The molecule has 13 heteroatoms. The van der Waals surface area contributed by atoms with Crippen LogP contribution >= 0.6 is 0 Å². The molecule has 0 amide bonds. The van der Waals surface area contributed by atoms with Crippen LogP contribution in [0.5, 0.6) is 5.88 Å². The van der Waals surface area contributed by atoms with E-state index in [-0.39, 0.29) is 17.6 Å². The number of aromatic hydroxyl groups is 1. The van der Waals surface area contributed by atoms with Crippen LogP contribution in [-0.2, 0) is 0 Å². The average Bonchev–Trinajstić information content (AvgIpc) is 3.56. The van der Waals surface area contributed by atoms with Gasteiger partial charge in [-0.1, -0.05) is 0 Å². The molecule has 0 aromatic carbocycles. The fraction of sp³-hybridized carbons (Fsp3) is 0.292. The lowest BCUT2D eigenvalue weighted by Gasteiger charge is -2.36. The van der Waals surface area contributed by atoms with E-state index in [0.29, 0.717) is 65.3 Å². The number of aromatic nitrogens is 6. The Bertz CT molecular complexity index is 1730. The molecule has 186 valence electrons. The molecular formula is C24H23N11O2. The lowest BCUT2D eigenvalue weighted by atomic mass is 10.2. The van der Waals surface area contributed by atoms with E-state index in [1.807, 2.05) is 0 Å². The molecule has 1 aliphatic heterocycles. The molecule has 0 radical (unpaired) electrons. The quantitative estimate of drug-likeness (QED) is 0.270. The highest BCUT2D eigenvalue weighted by molar-refractivity contribution is 5.85. The fourth-order valence-electron chi connectivity index (χ4n) is 4.48. The molecule has 13 nitrogen and oxygen atoms in total. The maximum atomic E-state index is 11.6. The zero-order valence-electron chi connectivity index (χ0n) is 19.7. The number of imidazole rings is 1. The van der Waals surface area contributed by atoms with Crippen molar-refractivity contribution in [2.24, 2.45) is 4.99 Å². The predicted octanol–water partition coefficient (Wildman–Crippen LogP) is -0.347. The minimum absolute atomic E-state index is 0.184. The molecule has 6 rings (SSSR count). The van der Waals surface area contributed by atoms with Crippen LogP contribution < -0.4 is 26.2 Å². The topological polar surface area (TPSA) is 178 Å². The summed E-state index contributed by atoms with van der Waals surface area (Å²) in [4.78, 5) is 34.8. The van der Waals surface area contributed by atoms with Crippen LogP contribution in [0, 0.1) is 16.7 Å². The van der Waals surface area contributed by atoms with Crippen molar-refractivity contribution in [3.63, 3.8) is 0 Å². The van der Waals surface area contributed by atoms with E-state index in [0.717, 1.165) is 12.8 Å². The molecule has 0 bridgehead atoms. The standard InChI is InChI=1S/C24H23N11O2/c25-11-14-2-1-5-27-19(14)33-6-8-34(9-7-33)21-17(12-26)22(29-16-3-4-16)35-20(31-21)15(13-28-35)10-18-23(36)32-24(37)30-18/h1-2,5,10,12-13,16,26,36H,3-4,6-9H2,(H2,30,32,37). The SMILES string of the molecule is N#Cc1cccnc1N1CCN(c2nc3c(=Cc4[nH]c(=O)[nH]c4O)cnn3c(=NC3CC3)c2C=N)CC1. The third kappa shape index (κ3) is 4.08. The molecule has 1 saturated carbocycles. The summed E-state index contributed by atoms with van der Waals surface area (Å²) >= 11 is 0. The summed E-state index contributed by atoms with van der Waals surface area (Å²) in [5.74, 6) is 1.01. The Morgan fingerprint density at radius 1 is 1.19 bits per heavy atom. The molecule has 4 aromatic rings. The van der Waals surface area contributed by atoms with Gasteiger partial charge in [-0.05, 0) is 31.1 Å². The number of nitrogens with zero attached hydrogens (tertiary/aromatic N) is 8. The number of hydrogen-bond donors (Lipinski definition) is 4. The number of hydrogen-bond acceptors (Lipinski definition) is 10. The van der Waals surface area contributed by atoms with Gasteiger partial charge in [-0.3, -0.25) is 9.98 Å². The smallest absolute Gasteiger partial charge is 0.326 e. The summed E-state index contributed by atoms with van der Waals surface area (Å²) < 4.78 is 1.61. The molecule has 5 heterocycles. The van der Waals surface area contributed by atoms with E-state index in [1.54, 1.807) is 35.1 Å². The van der Waals surface area contributed by atoms with Gasteiger partial charge in [0, 0.05) is 43.8 Å². The second-order valence-corrected chi connectivity index (χ2v) is 8.96. The van der Waals surface area contributed by atoms with Crippen molar-refractivity contribution in [2.75, 3.05) is 36.0 Å². The minimum atomic E-state index is -0.519. The number of H-pyrrole nitrogens is 2. The minimum Gasteiger partial charge on any atom is -0.493 e. The van der Waals surface area contributed by atoms with Gasteiger partial charge in [0.25, 0.3) is 0 Å². The van der Waals surface area contributed by atoms with Crippen molar-refractivity contribution in [2.45, 2.75) is 18.9 Å². The summed E-state index contributed by atoms with van der Waals surface area (Å²) in [5, 5.41) is 32.7. The molecule has 37 heavy (non-hydrogen) atoms. The van der Waals surface area contributed by atoms with E-state index >= 15 is 0 Å². The van der Waals surface area contributed by atoms with Crippen LogP contribution in [0.25, 0.3) is 11.7 Å². The Kier molecular flexibility index (Phi) is 5.41. The van der Waals surface area contributed by atoms with E-state index < -0.39 is 5.69 Å². The van der Waals surface area contributed by atoms with Crippen LogP contribution in [0.15, 0.2) is 34.3 Å². The van der Waals surface area contributed by atoms with Crippen molar-refractivity contribution in [3.05, 3.63) is 62.5 Å². The van der Waals surface area contributed by atoms with Gasteiger partial charge < -0.3 is 25.3 Å². The summed E-state index contributed by atoms with van der Waals surface area (Å²) in [7, 11) is 0. The number of rotatable bonds is 5. The van der Waals surface area contributed by atoms with Crippen molar-refractivity contribution < 1.29 is 5.11 Å². The summed E-state index contributed by atoms with van der Waals surface area (Å²) in [6.45, 7) is 2.46. The first kappa shape index (κ1) is 22.5. The third-order valence-electron chi connectivity index (χ3n) is 6.48. The van der Waals surface area contributed by atoms with Gasteiger partial charge in [0.2, 0.25) is 5.88 Å². The van der Waals surface area contributed by atoms with Gasteiger partial charge in [0.1, 0.15) is 23.4 Å². The normalized spacial score (nSPS) is 16.9. The van der Waals surface area contributed by atoms with Crippen molar-refractivity contribution in [3.8, 4) is 11.9 Å². The second-order valence-electron chi connectivity index (χ2n) is 8.96. The molecule has 1 saturated heterocycles. The lowest BCUT2D eigenvalue weighted by molar-refractivity contribution is 0.454. The maximum absolute atomic E-state index is 11.6. The molecule has 0 atom stereocenters. The zero-order chi connectivity index (χ0) is 25.5. The number of aromatic amines is 2. The van der Waals surface area contributed by atoms with E-state index in [9.17, 15) is 15.2 Å². The van der Waals surface area contributed by atoms with Gasteiger partial charge >= 0.3 is 5.69 Å². The Balaban J connectivity index is 1.44. The number of piperazine rings is 1. The van der Waals surface area contributed by atoms with E-state index in [4.69, 9.17) is 15.4 Å². The molecule has 2 fully saturated rings. The summed E-state index contributed by atoms with van der Waals surface area (Å²) in [5.41, 5.74) is 1.87. The van der Waals surface area contributed by atoms with Crippen LogP contribution in [0.4, 0.5) is 11.6 Å². The Hall–Kier alpha value is -4.99. The number of anilines is 2. The number of pyridine rings is 1. The van der Waals surface area contributed by atoms with Gasteiger partial charge in [-0.15, -0.1) is 0 Å². The highest BCUT2D eigenvalue weighted by Crippen LogP contribution is 2.24. The number of nitriles is 1. The summed E-state index contributed by atoms with van der Waals surface area (Å²) in [6.07, 6.45) is 8.11. The highest BCUT2D eigenvalue weighted by Gasteiger charge is 2.26. The molecular weight excluding hydrogens is 474 g/mol. The maximum Gasteiger partial charge on any atom is 0.326 e. The van der Waals surface area contributed by atoms with E-state index in [1.165, 1.54) is 6.21 Å². The predicted molar refractivity (Wildman–Crippen MR) is 135 cm³/mol. The Morgan fingerprint density at radius 2 is 1.95 bits per heavy atom. The highest BCUT2D eigenvalue weighted by atomic mass is 16.3. The van der Waals surface area contributed by atoms with E-state index in [2.05, 4.69) is 35.9 Å². The third-order valence-corrected chi connectivity index (χ3v) is 6.48. The zero-order valence-corrected chi connectivity index (χ0v) is 19.7. The van der Waals surface area contributed by atoms with Gasteiger partial charge in [0.15, 0.2) is 11.1 Å². The first-order valence-electron chi connectivity index (χ1n) is 11.9. The monoisotopic (exact) mass is 497 g/mol. The molecule has 4 N–H and O–H groups in total. The molecule has 0 spiro atoms. The van der Waals surface area contributed by atoms with Crippen LogP contribution in [-0.4, -0.2) is 73.1 Å². The molecule has 4 aromatic heterocycles. The second kappa shape index (κ2) is 8.90. The number of nitrogens with one attached hydrogen (secondary N) is 3. The Labute approximate surface area is 209 Å². The molecule has 2 aliphatic rings. The summed E-state index contributed by atoms with van der Waals surface area (Å²) in [6, 6.07) is 5.90. The average molecular weight is 498 g/mol. The van der Waals surface area contributed by atoms with Gasteiger partial charge in [0.05, 0.1) is 23.4 Å². The lowest BCUT2D eigenvalue weighted by Crippen LogP contribution is -2.48. The first-order chi connectivity index (χ1) is 18.1. The molecule has 1 aliphatic carbocycles. The van der Waals surface area contributed by atoms with Gasteiger partial charge in [-0.2, -0.15) is 14.9 Å². The largest absolute Gasteiger partial charge is 0.493 e. The van der Waals surface area contributed by atoms with Crippen LogP contribution in [0.3, 0.4) is 0 Å². The first-order valence-corrected chi connectivity index (χ1v) is 11.9. The van der Waals surface area contributed by atoms with Crippen molar-refractivity contribution in [1.29, 1.82) is 10.7 Å². The van der Waals surface area contributed by atoms with Crippen LogP contribution in [0.1, 0.15) is 29.7 Å². The number of fused-ring (bicyclic) bond motifs is 1. The fourth-order valence-corrected chi connectivity index (χ4v) is 4.48. The molecule has 0 unspecified atom stereocenters.